The second-order valence-electron chi connectivity index (χ2n) is 4.25. The van der Waals surface area contributed by atoms with Gasteiger partial charge in [0, 0.05) is 13.1 Å². The van der Waals surface area contributed by atoms with E-state index in [1.807, 2.05) is 13.1 Å². The van der Waals surface area contributed by atoms with Crippen molar-refractivity contribution in [3.8, 4) is 0 Å². The largest absolute Gasteiger partial charge is 0.357 e. The van der Waals surface area contributed by atoms with Gasteiger partial charge in [0.15, 0.2) is 0 Å². The lowest BCUT2D eigenvalue weighted by Crippen LogP contribution is -2.20. The van der Waals surface area contributed by atoms with Crippen molar-refractivity contribution in [2.24, 2.45) is 0 Å². The third-order valence-corrected chi connectivity index (χ3v) is 4.16. The molecule has 1 aromatic rings. The summed E-state index contributed by atoms with van der Waals surface area (Å²) in [7, 11) is -1.20. The zero-order chi connectivity index (χ0) is 12.5. The summed E-state index contributed by atoms with van der Waals surface area (Å²) < 4.78 is 25.2. The van der Waals surface area contributed by atoms with Crippen molar-refractivity contribution in [1.82, 2.24) is 4.98 Å². The second kappa shape index (κ2) is 4.52. The van der Waals surface area contributed by atoms with E-state index in [1.54, 1.807) is 19.2 Å². The minimum atomic E-state index is -3.21. The first-order chi connectivity index (χ1) is 8.02. The van der Waals surface area contributed by atoms with Gasteiger partial charge in [-0.3, -0.25) is 4.72 Å². The predicted molar refractivity (Wildman–Crippen MR) is 68.7 cm³/mol. The standard InChI is InChI=1S/C11H17N3O2S/c1-3-17(15,16)13-9-4-7-11(12-8-9)14(2)10-5-6-10/h4,7-8,10,13H,3,5-6H2,1-2H3. The van der Waals surface area contributed by atoms with Gasteiger partial charge in [0.05, 0.1) is 17.6 Å². The van der Waals surface area contributed by atoms with Crippen LogP contribution in [0.15, 0.2) is 18.3 Å². The van der Waals surface area contributed by atoms with Crippen LogP contribution in [0, 0.1) is 0 Å². The number of aromatic nitrogens is 1. The van der Waals surface area contributed by atoms with Crippen LogP contribution in [0.4, 0.5) is 11.5 Å². The molecule has 2 rings (SSSR count). The Balaban J connectivity index is 2.07. The van der Waals surface area contributed by atoms with Crippen molar-refractivity contribution in [3.63, 3.8) is 0 Å². The van der Waals surface area contributed by atoms with E-state index in [0.29, 0.717) is 11.7 Å². The Kier molecular flexibility index (Phi) is 3.24. The van der Waals surface area contributed by atoms with E-state index in [4.69, 9.17) is 0 Å². The lowest BCUT2D eigenvalue weighted by atomic mass is 10.4. The predicted octanol–water partition coefficient (Wildman–Crippen LogP) is 1.44. The number of hydrogen-bond donors (Lipinski definition) is 1. The molecule has 94 valence electrons. The molecule has 0 aliphatic heterocycles. The second-order valence-corrected chi connectivity index (χ2v) is 6.26. The molecular formula is C11H17N3O2S. The quantitative estimate of drug-likeness (QED) is 0.865. The Labute approximate surface area is 102 Å². The van der Waals surface area contributed by atoms with E-state index < -0.39 is 10.0 Å². The summed E-state index contributed by atoms with van der Waals surface area (Å²) in [5, 5.41) is 0. The van der Waals surface area contributed by atoms with Gasteiger partial charge in [-0.2, -0.15) is 0 Å². The summed E-state index contributed by atoms with van der Waals surface area (Å²) in [6, 6.07) is 4.18. The molecule has 1 heterocycles. The average molecular weight is 255 g/mol. The fourth-order valence-electron chi connectivity index (χ4n) is 1.56. The molecule has 0 unspecified atom stereocenters. The number of pyridine rings is 1. The lowest BCUT2D eigenvalue weighted by Gasteiger charge is -2.17. The van der Waals surface area contributed by atoms with Crippen LogP contribution >= 0.6 is 0 Å². The van der Waals surface area contributed by atoms with Gasteiger partial charge in [-0.25, -0.2) is 13.4 Å². The maximum Gasteiger partial charge on any atom is 0.232 e. The molecule has 1 aromatic heterocycles. The number of rotatable bonds is 5. The third kappa shape index (κ3) is 3.09. The van der Waals surface area contributed by atoms with Gasteiger partial charge in [-0.05, 0) is 31.9 Å². The first-order valence-corrected chi connectivity index (χ1v) is 7.36. The molecule has 0 saturated heterocycles. The molecule has 1 aliphatic carbocycles. The maximum absolute atomic E-state index is 11.4. The van der Waals surface area contributed by atoms with Crippen LogP contribution in [0.5, 0.6) is 0 Å². The van der Waals surface area contributed by atoms with E-state index in [1.165, 1.54) is 12.8 Å². The molecule has 6 heteroatoms. The maximum atomic E-state index is 11.4. The number of hydrogen-bond acceptors (Lipinski definition) is 4. The summed E-state index contributed by atoms with van der Waals surface area (Å²) in [5.74, 6) is 0.948. The number of anilines is 2. The fraction of sp³-hybridized carbons (Fsp3) is 0.545. The van der Waals surface area contributed by atoms with E-state index in [9.17, 15) is 8.42 Å². The highest BCUT2D eigenvalue weighted by atomic mass is 32.2. The summed E-state index contributed by atoms with van der Waals surface area (Å²) in [6.45, 7) is 1.60. The topological polar surface area (TPSA) is 62.3 Å². The Morgan fingerprint density at radius 2 is 2.18 bits per heavy atom. The molecule has 1 fully saturated rings. The van der Waals surface area contributed by atoms with Gasteiger partial charge in [-0.1, -0.05) is 0 Å². The van der Waals surface area contributed by atoms with Gasteiger partial charge >= 0.3 is 0 Å². The molecule has 5 nitrogen and oxygen atoms in total. The first-order valence-electron chi connectivity index (χ1n) is 5.71. The van der Waals surface area contributed by atoms with Crippen LogP contribution in [0.2, 0.25) is 0 Å². The van der Waals surface area contributed by atoms with Crippen molar-refractivity contribution < 1.29 is 8.42 Å². The van der Waals surface area contributed by atoms with Crippen molar-refractivity contribution in [1.29, 1.82) is 0 Å². The molecule has 0 radical (unpaired) electrons. The minimum absolute atomic E-state index is 0.0662. The van der Waals surface area contributed by atoms with E-state index >= 15 is 0 Å². The molecule has 1 saturated carbocycles. The van der Waals surface area contributed by atoms with Crippen LogP contribution in [-0.2, 0) is 10.0 Å². The zero-order valence-electron chi connectivity index (χ0n) is 10.0. The van der Waals surface area contributed by atoms with E-state index in [0.717, 1.165) is 5.82 Å². The van der Waals surface area contributed by atoms with Crippen LogP contribution in [0.25, 0.3) is 0 Å². The molecule has 17 heavy (non-hydrogen) atoms. The SMILES string of the molecule is CCS(=O)(=O)Nc1ccc(N(C)C2CC2)nc1. The molecule has 1 aliphatic rings. The number of sulfonamides is 1. The van der Waals surface area contributed by atoms with Crippen molar-refractivity contribution in [2.75, 3.05) is 22.4 Å². The summed E-state index contributed by atoms with van der Waals surface area (Å²) >= 11 is 0. The minimum Gasteiger partial charge on any atom is -0.357 e. The average Bonchev–Trinajstić information content (AvgIpc) is 3.13. The Morgan fingerprint density at radius 3 is 2.65 bits per heavy atom. The Bertz CT molecular complexity index is 480. The van der Waals surface area contributed by atoms with Crippen molar-refractivity contribution >= 4 is 21.5 Å². The monoisotopic (exact) mass is 255 g/mol. The summed E-state index contributed by atoms with van der Waals surface area (Å²) in [6.07, 6.45) is 3.98. The van der Waals surface area contributed by atoms with Crippen LogP contribution in [0.3, 0.4) is 0 Å². The Hall–Kier alpha value is -1.30. The normalized spacial score (nSPS) is 15.6. The van der Waals surface area contributed by atoms with E-state index in [2.05, 4.69) is 14.6 Å². The highest BCUT2D eigenvalue weighted by Gasteiger charge is 2.26. The van der Waals surface area contributed by atoms with Crippen LogP contribution in [0.1, 0.15) is 19.8 Å². The van der Waals surface area contributed by atoms with Gasteiger partial charge < -0.3 is 4.90 Å². The third-order valence-electron chi connectivity index (χ3n) is 2.86. The highest BCUT2D eigenvalue weighted by Crippen LogP contribution is 2.29. The lowest BCUT2D eigenvalue weighted by molar-refractivity contribution is 0.602. The molecular weight excluding hydrogens is 238 g/mol. The van der Waals surface area contributed by atoms with Crippen molar-refractivity contribution in [2.45, 2.75) is 25.8 Å². The molecule has 0 amide bonds. The van der Waals surface area contributed by atoms with Gasteiger partial charge in [0.25, 0.3) is 0 Å². The zero-order valence-corrected chi connectivity index (χ0v) is 10.9. The fourth-order valence-corrected chi connectivity index (χ4v) is 2.18. The van der Waals surface area contributed by atoms with Crippen molar-refractivity contribution in [3.05, 3.63) is 18.3 Å². The van der Waals surface area contributed by atoms with E-state index in [-0.39, 0.29) is 5.75 Å². The van der Waals surface area contributed by atoms with Gasteiger partial charge in [0.1, 0.15) is 5.82 Å². The first kappa shape index (κ1) is 12.2. The van der Waals surface area contributed by atoms with Gasteiger partial charge in [-0.15, -0.1) is 0 Å². The molecule has 0 atom stereocenters. The molecule has 0 spiro atoms. The van der Waals surface area contributed by atoms with Crippen LogP contribution < -0.4 is 9.62 Å². The summed E-state index contributed by atoms with van der Waals surface area (Å²) in [4.78, 5) is 6.38. The molecule has 0 aromatic carbocycles. The highest BCUT2D eigenvalue weighted by molar-refractivity contribution is 7.92. The van der Waals surface area contributed by atoms with Crippen LogP contribution in [-0.4, -0.2) is 32.2 Å². The molecule has 1 N–H and O–H groups in total. The number of nitrogens with zero attached hydrogens (tertiary/aromatic N) is 2. The smallest absolute Gasteiger partial charge is 0.232 e. The van der Waals surface area contributed by atoms with Gasteiger partial charge in [0.2, 0.25) is 10.0 Å². The molecule has 0 bridgehead atoms. The summed E-state index contributed by atoms with van der Waals surface area (Å²) in [5.41, 5.74) is 0.514. The Morgan fingerprint density at radius 1 is 1.47 bits per heavy atom. The number of nitrogens with one attached hydrogen (secondary N) is 1.